The molecule has 0 radical (unpaired) electrons. The zero-order valence-corrected chi connectivity index (χ0v) is 29.8. The van der Waals surface area contributed by atoms with Crippen molar-refractivity contribution in [2.45, 2.75) is 51.7 Å². The number of fused-ring (bicyclic) bond motifs is 3. The number of benzene rings is 2. The van der Waals surface area contributed by atoms with E-state index >= 15 is 4.39 Å². The average molecular weight is 732 g/mol. The predicted molar refractivity (Wildman–Crippen MR) is 202 cm³/mol. The fraction of sp³-hybridized carbons (Fsp3) is 0.300. The summed E-state index contributed by atoms with van der Waals surface area (Å²) in [4.78, 5) is 77.8. The molecule has 13 nitrogen and oxygen atoms in total. The van der Waals surface area contributed by atoms with Crippen LogP contribution >= 0.6 is 0 Å². The molecule has 0 spiro atoms. The lowest BCUT2D eigenvalue weighted by atomic mass is 10.0. The molecule has 6 aromatic rings. The summed E-state index contributed by atoms with van der Waals surface area (Å²) in [6.07, 6.45) is 6.45. The summed E-state index contributed by atoms with van der Waals surface area (Å²) in [7, 11) is 0. The summed E-state index contributed by atoms with van der Waals surface area (Å²) in [6.45, 7) is 5.15. The van der Waals surface area contributed by atoms with Gasteiger partial charge in [0.15, 0.2) is 0 Å². The van der Waals surface area contributed by atoms with Gasteiger partial charge in [-0.2, -0.15) is 0 Å². The van der Waals surface area contributed by atoms with Gasteiger partial charge in [-0.3, -0.25) is 19.2 Å². The van der Waals surface area contributed by atoms with Crippen molar-refractivity contribution in [3.8, 4) is 0 Å². The molecule has 3 N–H and O–H groups in total. The minimum atomic E-state index is -1.36. The molecule has 2 aliphatic rings. The number of aromatic amines is 1. The first-order chi connectivity index (χ1) is 26.0. The number of piperazine rings is 1. The Kier molecular flexibility index (Phi) is 8.75. The van der Waals surface area contributed by atoms with Crippen molar-refractivity contribution in [1.82, 2.24) is 29.3 Å². The fourth-order valence-corrected chi connectivity index (χ4v) is 7.52. The highest BCUT2D eigenvalue weighted by molar-refractivity contribution is 6.00. The van der Waals surface area contributed by atoms with E-state index in [0.717, 1.165) is 41.1 Å². The van der Waals surface area contributed by atoms with Gasteiger partial charge >= 0.3 is 5.97 Å². The standard InChI is InChI=1S/C40H38FN7O6/c1-3-45-20-28(35(49)26-11-8-22(2)43-37(26)45)38(51)44-32(16-23-19-42-31-7-5-4-6-25(23)31)39(52)47-14-12-46(13-15-47)34-18-33-27(17-30(34)41)36(50)29(40(53)54)21-48(33)24-9-10-24/h4-8,11,17-21,24,32,42H,3,9-10,12-16H2,1-2H3,(H,44,51)(H,53,54)/t32-/m0/s1. The number of rotatable bonds is 9. The number of halogens is 1. The van der Waals surface area contributed by atoms with Gasteiger partial charge in [0.1, 0.15) is 28.6 Å². The summed E-state index contributed by atoms with van der Waals surface area (Å²) < 4.78 is 19.2. The predicted octanol–water partition coefficient (Wildman–Crippen LogP) is 4.38. The first-order valence-electron chi connectivity index (χ1n) is 18.0. The van der Waals surface area contributed by atoms with Gasteiger partial charge < -0.3 is 34.3 Å². The van der Waals surface area contributed by atoms with Crippen LogP contribution in [0.25, 0.3) is 32.8 Å². The molecule has 54 heavy (non-hydrogen) atoms. The van der Waals surface area contributed by atoms with Crippen LogP contribution in [0.1, 0.15) is 57.8 Å². The van der Waals surface area contributed by atoms with Crippen molar-refractivity contribution in [3.05, 3.63) is 116 Å². The molecule has 2 fully saturated rings. The minimum Gasteiger partial charge on any atom is -0.477 e. The lowest BCUT2D eigenvalue weighted by molar-refractivity contribution is -0.133. The third-order valence-corrected chi connectivity index (χ3v) is 10.6. The van der Waals surface area contributed by atoms with Gasteiger partial charge in [-0.15, -0.1) is 0 Å². The number of aromatic nitrogens is 4. The van der Waals surface area contributed by atoms with Gasteiger partial charge in [-0.05, 0) is 62.6 Å². The van der Waals surface area contributed by atoms with Crippen LogP contribution in [0.5, 0.6) is 0 Å². The molecule has 14 heteroatoms. The van der Waals surface area contributed by atoms with Gasteiger partial charge in [-0.25, -0.2) is 14.2 Å². The summed E-state index contributed by atoms with van der Waals surface area (Å²) in [5.74, 6) is -3.03. The van der Waals surface area contributed by atoms with Crippen LogP contribution in [0.4, 0.5) is 10.1 Å². The highest BCUT2D eigenvalue weighted by Gasteiger charge is 2.33. The molecule has 4 aromatic heterocycles. The maximum atomic E-state index is 15.7. The highest BCUT2D eigenvalue weighted by Crippen LogP contribution is 2.38. The smallest absolute Gasteiger partial charge is 0.341 e. The van der Waals surface area contributed by atoms with Gasteiger partial charge in [0.2, 0.25) is 16.8 Å². The number of aryl methyl sites for hydroxylation is 2. The Labute approximate surface area is 307 Å². The SMILES string of the molecule is CCn1cc(C(=O)N[C@@H](Cc2c[nH]c3ccccc23)C(=O)N2CCN(c3cc4c(cc3F)c(=O)c(C(=O)O)cn4C3CC3)CC2)c(=O)c2ccc(C)nc21. The molecule has 1 saturated carbocycles. The van der Waals surface area contributed by atoms with E-state index < -0.39 is 40.2 Å². The summed E-state index contributed by atoms with van der Waals surface area (Å²) in [5, 5.41) is 13.7. The van der Waals surface area contributed by atoms with E-state index in [1.54, 1.807) is 37.1 Å². The van der Waals surface area contributed by atoms with Crippen LogP contribution in [0.15, 0.2) is 76.7 Å². The Morgan fingerprint density at radius 2 is 1.70 bits per heavy atom. The number of aromatic carboxylic acids is 1. The normalized spacial score (nSPS) is 15.2. The summed E-state index contributed by atoms with van der Waals surface area (Å²) in [6, 6.07) is 12.7. The van der Waals surface area contributed by atoms with Crippen LogP contribution in [0, 0.1) is 12.7 Å². The number of carboxylic acids is 1. The molecule has 2 amide bonds. The van der Waals surface area contributed by atoms with E-state index in [9.17, 15) is 29.1 Å². The van der Waals surface area contributed by atoms with Crippen LogP contribution in [-0.2, 0) is 17.8 Å². The second-order valence-corrected chi connectivity index (χ2v) is 14.0. The Bertz CT molecular complexity index is 2630. The van der Waals surface area contributed by atoms with Crippen LogP contribution in [0.2, 0.25) is 0 Å². The molecule has 276 valence electrons. The fourth-order valence-electron chi connectivity index (χ4n) is 7.52. The molecular weight excluding hydrogens is 693 g/mol. The number of carbonyl (C=O) groups excluding carboxylic acids is 2. The third kappa shape index (κ3) is 6.16. The number of H-pyrrole nitrogens is 1. The van der Waals surface area contributed by atoms with Crippen molar-refractivity contribution in [2.24, 2.45) is 0 Å². The Morgan fingerprint density at radius 3 is 2.43 bits per heavy atom. The molecule has 8 rings (SSSR count). The number of amides is 2. The number of hydrogen-bond donors (Lipinski definition) is 3. The van der Waals surface area contributed by atoms with Crippen molar-refractivity contribution < 1.29 is 23.9 Å². The zero-order chi connectivity index (χ0) is 37.8. The Balaban J connectivity index is 1.07. The van der Waals surface area contributed by atoms with Gasteiger partial charge in [-0.1, -0.05) is 18.2 Å². The Morgan fingerprint density at radius 1 is 0.963 bits per heavy atom. The summed E-state index contributed by atoms with van der Waals surface area (Å²) >= 11 is 0. The molecule has 1 aliphatic carbocycles. The molecule has 1 aliphatic heterocycles. The van der Waals surface area contributed by atoms with E-state index in [1.165, 1.54) is 12.4 Å². The van der Waals surface area contributed by atoms with Crippen molar-refractivity contribution in [2.75, 3.05) is 31.1 Å². The number of carboxylic acid groups (broad SMARTS) is 1. The molecule has 1 atom stereocenters. The van der Waals surface area contributed by atoms with Crippen LogP contribution in [0.3, 0.4) is 0 Å². The van der Waals surface area contributed by atoms with E-state index in [2.05, 4.69) is 15.3 Å². The number of nitrogens with one attached hydrogen (secondary N) is 2. The third-order valence-electron chi connectivity index (χ3n) is 10.6. The van der Waals surface area contributed by atoms with Crippen LogP contribution in [-0.4, -0.2) is 79.1 Å². The van der Waals surface area contributed by atoms with E-state index in [-0.39, 0.29) is 61.2 Å². The quantitative estimate of drug-likeness (QED) is 0.197. The number of anilines is 1. The van der Waals surface area contributed by atoms with Crippen molar-refractivity contribution in [3.63, 3.8) is 0 Å². The number of nitrogens with zero attached hydrogens (tertiary/aromatic N) is 5. The minimum absolute atomic E-state index is 0.0104. The van der Waals surface area contributed by atoms with Crippen molar-refractivity contribution >= 4 is 56.3 Å². The first kappa shape index (κ1) is 34.8. The van der Waals surface area contributed by atoms with E-state index in [0.29, 0.717) is 23.1 Å². The molecular formula is C40H38FN7O6. The number of pyridine rings is 3. The molecule has 1 saturated heterocycles. The lowest BCUT2D eigenvalue weighted by Gasteiger charge is -2.38. The van der Waals surface area contributed by atoms with Crippen LogP contribution < -0.4 is 21.1 Å². The van der Waals surface area contributed by atoms with Gasteiger partial charge in [0.05, 0.1) is 16.6 Å². The molecule has 0 bridgehead atoms. The van der Waals surface area contributed by atoms with E-state index in [4.69, 9.17) is 0 Å². The first-order valence-corrected chi connectivity index (χ1v) is 18.0. The number of para-hydroxylation sites is 1. The number of hydrogen-bond acceptors (Lipinski definition) is 7. The molecule has 0 unspecified atom stereocenters. The second kappa shape index (κ2) is 13.6. The maximum absolute atomic E-state index is 15.7. The molecule has 2 aromatic carbocycles. The summed E-state index contributed by atoms with van der Waals surface area (Å²) in [5.41, 5.74) is 1.93. The monoisotopic (exact) mass is 731 g/mol. The van der Waals surface area contributed by atoms with E-state index in [1.807, 2.05) is 44.3 Å². The van der Waals surface area contributed by atoms with Crippen molar-refractivity contribution in [1.29, 1.82) is 0 Å². The topological polar surface area (TPSA) is 163 Å². The molecule has 5 heterocycles. The van der Waals surface area contributed by atoms with Gasteiger partial charge in [0, 0.05) is 85.8 Å². The highest BCUT2D eigenvalue weighted by atomic mass is 19.1. The van der Waals surface area contributed by atoms with Gasteiger partial charge in [0.25, 0.3) is 5.91 Å². The zero-order valence-electron chi connectivity index (χ0n) is 29.8. The lowest BCUT2D eigenvalue weighted by Crippen LogP contribution is -2.56. The maximum Gasteiger partial charge on any atom is 0.341 e. The second-order valence-electron chi connectivity index (χ2n) is 14.0. The number of carbonyl (C=O) groups is 3. The largest absolute Gasteiger partial charge is 0.477 e. The average Bonchev–Trinajstić information content (AvgIpc) is 3.94. The Hall–Kier alpha value is -6.31.